The van der Waals surface area contributed by atoms with Crippen LogP contribution in [0.1, 0.15) is 61.0 Å². The number of benzene rings is 1. The second kappa shape index (κ2) is 10.0. The molecule has 1 atom stereocenters. The van der Waals surface area contributed by atoms with Crippen LogP contribution in [0.4, 0.5) is 17.6 Å². The highest BCUT2D eigenvalue weighted by molar-refractivity contribution is 5.93. The number of ether oxygens (including phenoxy) is 1. The average molecular weight is 542 g/mol. The second-order valence-electron chi connectivity index (χ2n) is 9.69. The van der Waals surface area contributed by atoms with Crippen molar-refractivity contribution in [3.05, 3.63) is 81.6 Å². The van der Waals surface area contributed by atoms with Gasteiger partial charge in [-0.1, -0.05) is 6.92 Å². The highest BCUT2D eigenvalue weighted by Gasteiger charge is 2.32. The first-order chi connectivity index (χ1) is 18.5. The molecule has 1 aliphatic rings. The molecular formula is C28H27F4N5O2. The average Bonchev–Trinajstić information content (AvgIpc) is 3.64. The fraction of sp³-hybridized carbons (Fsp3) is 0.357. The number of rotatable bonds is 7. The van der Waals surface area contributed by atoms with Crippen molar-refractivity contribution in [3.8, 4) is 11.3 Å². The Labute approximate surface area is 221 Å². The Morgan fingerprint density at radius 1 is 1.23 bits per heavy atom. The molecule has 5 rings (SSSR count). The van der Waals surface area contributed by atoms with Crippen molar-refractivity contribution < 1.29 is 22.3 Å². The Morgan fingerprint density at radius 2 is 1.97 bits per heavy atom. The van der Waals surface area contributed by atoms with Gasteiger partial charge in [-0.15, -0.1) is 0 Å². The normalized spacial score (nSPS) is 15.2. The van der Waals surface area contributed by atoms with E-state index in [1.54, 1.807) is 33.3 Å². The summed E-state index contributed by atoms with van der Waals surface area (Å²) < 4.78 is 63.8. The zero-order valence-electron chi connectivity index (χ0n) is 21.9. The summed E-state index contributed by atoms with van der Waals surface area (Å²) in [5.41, 5.74) is 0.402. The summed E-state index contributed by atoms with van der Waals surface area (Å²) in [6.07, 6.45) is 2.90. The number of pyridine rings is 1. The minimum Gasteiger partial charge on any atom is -0.373 e. The summed E-state index contributed by atoms with van der Waals surface area (Å²) in [5, 5.41) is 4.67. The molecule has 0 amide bonds. The number of aromatic nitrogens is 5. The van der Waals surface area contributed by atoms with Crippen molar-refractivity contribution in [1.82, 2.24) is 24.3 Å². The van der Waals surface area contributed by atoms with Crippen molar-refractivity contribution >= 4 is 16.5 Å². The maximum absolute atomic E-state index is 15.2. The van der Waals surface area contributed by atoms with Gasteiger partial charge in [-0.2, -0.15) is 18.3 Å². The third-order valence-electron chi connectivity index (χ3n) is 7.03. The monoisotopic (exact) mass is 541 g/mol. The third-order valence-corrected chi connectivity index (χ3v) is 7.03. The van der Waals surface area contributed by atoms with Crippen LogP contribution in [0.15, 0.2) is 47.5 Å². The standard InChI is InChI=1S/C28H27F4N5O2/c1-5-16(11-23(39-4)17-13-33-37(14-17)19-7-8-19)26-34-24(20-9-6-18(12-22(20)29)28(30,31)32)21-10-15(2)36(3)27(38)25(21)35-26/h6,9-14,19,23H,5,7-8H2,1-4H3/b16-11+. The van der Waals surface area contributed by atoms with Crippen LogP contribution in [0.3, 0.4) is 0 Å². The van der Waals surface area contributed by atoms with Crippen LogP contribution in [0.5, 0.6) is 0 Å². The lowest BCUT2D eigenvalue weighted by molar-refractivity contribution is -0.137. The van der Waals surface area contributed by atoms with Crippen LogP contribution in [-0.2, 0) is 18.0 Å². The van der Waals surface area contributed by atoms with E-state index in [9.17, 15) is 18.0 Å². The number of hydrogen-bond acceptors (Lipinski definition) is 5. The lowest BCUT2D eigenvalue weighted by atomic mass is 10.0. The molecule has 1 aromatic carbocycles. The van der Waals surface area contributed by atoms with Crippen molar-refractivity contribution in [2.24, 2.45) is 7.05 Å². The number of nitrogens with zero attached hydrogens (tertiary/aromatic N) is 5. The molecule has 39 heavy (non-hydrogen) atoms. The van der Waals surface area contributed by atoms with Gasteiger partial charge in [0.15, 0.2) is 5.82 Å². The molecule has 1 fully saturated rings. The highest BCUT2D eigenvalue weighted by Crippen LogP contribution is 2.37. The molecule has 1 saturated carbocycles. The van der Waals surface area contributed by atoms with Gasteiger partial charge in [0.2, 0.25) is 0 Å². The molecule has 1 aliphatic carbocycles. The summed E-state index contributed by atoms with van der Waals surface area (Å²) in [6.45, 7) is 3.58. The number of allylic oxidation sites excluding steroid dienone is 1. The first-order valence-corrected chi connectivity index (χ1v) is 12.5. The van der Waals surface area contributed by atoms with Crippen molar-refractivity contribution in [1.29, 1.82) is 0 Å². The first-order valence-electron chi connectivity index (χ1n) is 12.5. The van der Waals surface area contributed by atoms with Crippen LogP contribution in [0, 0.1) is 12.7 Å². The molecule has 11 heteroatoms. The predicted octanol–water partition coefficient (Wildman–Crippen LogP) is 6.17. The maximum atomic E-state index is 15.2. The van der Waals surface area contributed by atoms with Gasteiger partial charge in [0, 0.05) is 42.6 Å². The molecule has 0 saturated heterocycles. The number of alkyl halides is 3. The molecule has 0 bridgehead atoms. The molecule has 204 valence electrons. The van der Waals surface area contributed by atoms with E-state index in [2.05, 4.69) is 15.1 Å². The van der Waals surface area contributed by atoms with Gasteiger partial charge in [-0.05, 0) is 62.1 Å². The van der Waals surface area contributed by atoms with Crippen LogP contribution >= 0.6 is 0 Å². The zero-order valence-corrected chi connectivity index (χ0v) is 21.9. The van der Waals surface area contributed by atoms with Crippen molar-refractivity contribution in [3.63, 3.8) is 0 Å². The van der Waals surface area contributed by atoms with E-state index in [0.29, 0.717) is 29.8 Å². The number of methoxy groups -OCH3 is 1. The third kappa shape index (κ3) is 5.10. The minimum absolute atomic E-state index is 0.0388. The van der Waals surface area contributed by atoms with E-state index >= 15 is 4.39 Å². The highest BCUT2D eigenvalue weighted by atomic mass is 19.4. The summed E-state index contributed by atoms with van der Waals surface area (Å²) in [6, 6.07) is 4.30. The van der Waals surface area contributed by atoms with E-state index in [1.165, 1.54) is 4.57 Å². The summed E-state index contributed by atoms with van der Waals surface area (Å²) in [7, 11) is 3.15. The topological polar surface area (TPSA) is 74.8 Å². The van der Waals surface area contributed by atoms with E-state index in [-0.39, 0.29) is 28.0 Å². The van der Waals surface area contributed by atoms with E-state index in [0.717, 1.165) is 30.5 Å². The fourth-order valence-corrected chi connectivity index (χ4v) is 4.50. The van der Waals surface area contributed by atoms with E-state index < -0.39 is 29.2 Å². The van der Waals surface area contributed by atoms with Gasteiger partial charge in [0.05, 0.1) is 23.5 Å². The molecule has 0 radical (unpaired) electrons. The van der Waals surface area contributed by atoms with Gasteiger partial charge < -0.3 is 9.30 Å². The van der Waals surface area contributed by atoms with Crippen molar-refractivity contribution in [2.45, 2.75) is 51.4 Å². The Hall–Kier alpha value is -3.86. The molecule has 3 heterocycles. The zero-order chi connectivity index (χ0) is 28.1. The molecule has 0 aliphatic heterocycles. The Balaban J connectivity index is 1.69. The molecule has 1 unspecified atom stereocenters. The Kier molecular flexibility index (Phi) is 6.88. The molecule has 7 nitrogen and oxygen atoms in total. The summed E-state index contributed by atoms with van der Waals surface area (Å²) >= 11 is 0. The summed E-state index contributed by atoms with van der Waals surface area (Å²) in [4.78, 5) is 22.4. The first kappa shape index (κ1) is 26.7. The van der Waals surface area contributed by atoms with E-state index in [4.69, 9.17) is 4.74 Å². The molecule has 0 spiro atoms. The fourth-order valence-electron chi connectivity index (χ4n) is 4.50. The number of fused-ring (bicyclic) bond motifs is 1. The number of halogens is 4. The minimum atomic E-state index is -4.70. The molecular weight excluding hydrogens is 514 g/mol. The largest absolute Gasteiger partial charge is 0.416 e. The number of aryl methyl sites for hydroxylation is 1. The quantitative estimate of drug-likeness (QED) is 0.262. The Bertz CT molecular complexity index is 1650. The van der Waals surface area contributed by atoms with Gasteiger partial charge in [0.25, 0.3) is 5.56 Å². The lowest BCUT2D eigenvalue weighted by Gasteiger charge is -2.15. The van der Waals surface area contributed by atoms with Gasteiger partial charge in [0.1, 0.15) is 17.4 Å². The van der Waals surface area contributed by atoms with E-state index in [1.807, 2.05) is 23.9 Å². The van der Waals surface area contributed by atoms with Gasteiger partial charge in [-0.25, -0.2) is 14.4 Å². The lowest BCUT2D eigenvalue weighted by Crippen LogP contribution is -2.21. The van der Waals surface area contributed by atoms with Crippen molar-refractivity contribution in [2.75, 3.05) is 7.11 Å². The van der Waals surface area contributed by atoms with Crippen LogP contribution in [0.2, 0.25) is 0 Å². The Morgan fingerprint density at radius 3 is 2.59 bits per heavy atom. The van der Waals surface area contributed by atoms with Gasteiger partial charge in [-0.3, -0.25) is 9.48 Å². The van der Waals surface area contributed by atoms with Crippen LogP contribution in [0.25, 0.3) is 27.7 Å². The predicted molar refractivity (Wildman–Crippen MR) is 138 cm³/mol. The molecule has 3 aromatic heterocycles. The SMILES string of the molecule is CC/C(=C\C(OC)c1cnn(C2CC2)c1)c1nc(-c2ccc(C(F)(F)F)cc2F)c2cc(C)n(C)c(=O)c2n1. The van der Waals surface area contributed by atoms with Gasteiger partial charge >= 0.3 is 6.18 Å². The number of hydrogen-bond donors (Lipinski definition) is 0. The maximum Gasteiger partial charge on any atom is 0.416 e. The second-order valence-corrected chi connectivity index (χ2v) is 9.69. The molecule has 0 N–H and O–H groups in total. The van der Waals surface area contributed by atoms with Crippen LogP contribution < -0.4 is 5.56 Å². The summed E-state index contributed by atoms with van der Waals surface area (Å²) in [5.74, 6) is -0.935. The molecule has 4 aromatic rings. The van der Waals surface area contributed by atoms with Crippen LogP contribution in [-0.4, -0.2) is 31.4 Å². The smallest absolute Gasteiger partial charge is 0.373 e.